The van der Waals surface area contributed by atoms with E-state index in [1.54, 1.807) is 0 Å². The molecule has 0 saturated carbocycles. The van der Waals surface area contributed by atoms with Gasteiger partial charge in [-0.1, -0.05) is 0 Å². The number of hydrogen-bond acceptors (Lipinski definition) is 3. The Morgan fingerprint density at radius 2 is 2.16 bits per heavy atom. The van der Waals surface area contributed by atoms with E-state index >= 15 is 0 Å². The summed E-state index contributed by atoms with van der Waals surface area (Å²) in [6.07, 6.45) is 0.426. The van der Waals surface area contributed by atoms with E-state index in [4.69, 9.17) is 5.11 Å². The van der Waals surface area contributed by atoms with Gasteiger partial charge in [-0.3, -0.25) is 9.59 Å². The first-order valence-electron chi connectivity index (χ1n) is 5.65. The highest BCUT2D eigenvalue weighted by Crippen LogP contribution is 2.24. The number of halogens is 2. The lowest BCUT2D eigenvalue weighted by molar-refractivity contribution is -0.122. The van der Waals surface area contributed by atoms with Crippen molar-refractivity contribution in [1.82, 2.24) is 10.2 Å². The van der Waals surface area contributed by atoms with Crippen LogP contribution in [0.5, 0.6) is 5.75 Å². The normalized spacial score (nSPS) is 18.3. The third kappa shape index (κ3) is 2.23. The maximum Gasteiger partial charge on any atom is 0.257 e. The molecular formula is C12H12F2N2O3. The molecule has 0 spiro atoms. The molecule has 102 valence electrons. The summed E-state index contributed by atoms with van der Waals surface area (Å²) in [6.45, 7) is 0.443. The van der Waals surface area contributed by atoms with Crippen LogP contribution in [0, 0.1) is 11.6 Å². The fourth-order valence-corrected chi connectivity index (χ4v) is 1.99. The molecule has 5 nitrogen and oxygen atoms in total. The van der Waals surface area contributed by atoms with Gasteiger partial charge >= 0.3 is 0 Å². The van der Waals surface area contributed by atoms with Crippen LogP contribution in [0.15, 0.2) is 12.1 Å². The Hall–Kier alpha value is -2.18. The minimum absolute atomic E-state index is 0.317. The van der Waals surface area contributed by atoms with Crippen LogP contribution in [0.2, 0.25) is 0 Å². The smallest absolute Gasteiger partial charge is 0.257 e. The Morgan fingerprint density at radius 3 is 2.74 bits per heavy atom. The second-order valence-corrected chi connectivity index (χ2v) is 4.27. The van der Waals surface area contributed by atoms with Gasteiger partial charge in [-0.05, 0) is 18.6 Å². The molecule has 1 unspecified atom stereocenters. The molecule has 0 aromatic heterocycles. The van der Waals surface area contributed by atoms with Gasteiger partial charge in [0.05, 0.1) is 5.56 Å². The summed E-state index contributed by atoms with van der Waals surface area (Å²) < 4.78 is 26.5. The predicted octanol–water partition coefficient (Wildman–Crippen LogP) is 0.631. The molecule has 1 heterocycles. The number of hydrogen-bond donors (Lipinski definition) is 2. The highest BCUT2D eigenvalue weighted by molar-refractivity contribution is 5.98. The molecule has 1 aromatic rings. The molecule has 1 saturated heterocycles. The number of carbonyl (C=O) groups is 2. The third-order valence-electron chi connectivity index (χ3n) is 3.10. The Bertz CT molecular complexity index is 548. The standard InChI is InChI=1S/C12H12F2N2O3/c1-16(8-4-5-15-11(8)18)12(19)6-2-3-7(13)10(17)9(6)14/h2-3,8,17H,4-5H2,1H3,(H,15,18). The summed E-state index contributed by atoms with van der Waals surface area (Å²) in [4.78, 5) is 24.6. The highest BCUT2D eigenvalue weighted by atomic mass is 19.1. The lowest BCUT2D eigenvalue weighted by Crippen LogP contribution is -2.42. The first-order valence-corrected chi connectivity index (χ1v) is 5.65. The SMILES string of the molecule is CN(C(=O)c1ccc(F)c(O)c1F)C1CCNC1=O. The number of likely N-dealkylation sites (N-methyl/N-ethyl adjacent to an activating group) is 1. The van der Waals surface area contributed by atoms with Crippen LogP contribution < -0.4 is 5.32 Å². The third-order valence-corrected chi connectivity index (χ3v) is 3.10. The molecule has 1 atom stereocenters. The molecule has 1 aromatic carbocycles. The first-order chi connectivity index (χ1) is 8.93. The van der Waals surface area contributed by atoms with Gasteiger partial charge in [0.1, 0.15) is 6.04 Å². The van der Waals surface area contributed by atoms with Crippen LogP contribution in [0.1, 0.15) is 16.8 Å². The predicted molar refractivity (Wildman–Crippen MR) is 61.5 cm³/mol. The molecule has 1 fully saturated rings. The van der Waals surface area contributed by atoms with Gasteiger partial charge in [0.2, 0.25) is 5.91 Å². The molecule has 2 rings (SSSR count). The van der Waals surface area contributed by atoms with Crippen LogP contribution in [-0.4, -0.2) is 41.5 Å². The summed E-state index contributed by atoms with van der Waals surface area (Å²) in [6, 6.07) is 1.06. The average Bonchev–Trinajstić information content (AvgIpc) is 2.81. The van der Waals surface area contributed by atoms with Gasteiger partial charge in [-0.15, -0.1) is 0 Å². The number of phenolic OH excluding ortho intramolecular Hbond substituents is 1. The lowest BCUT2D eigenvalue weighted by Gasteiger charge is -2.22. The van der Waals surface area contributed by atoms with Crippen molar-refractivity contribution in [3.8, 4) is 5.75 Å². The molecule has 0 bridgehead atoms. The fraction of sp³-hybridized carbons (Fsp3) is 0.333. The van der Waals surface area contributed by atoms with Crippen molar-refractivity contribution in [2.24, 2.45) is 0 Å². The molecular weight excluding hydrogens is 258 g/mol. The molecule has 2 amide bonds. The number of nitrogens with one attached hydrogen (secondary N) is 1. The molecule has 1 aliphatic heterocycles. The van der Waals surface area contributed by atoms with E-state index in [1.165, 1.54) is 7.05 Å². The van der Waals surface area contributed by atoms with E-state index in [9.17, 15) is 18.4 Å². The van der Waals surface area contributed by atoms with Gasteiger partial charge in [-0.25, -0.2) is 8.78 Å². The molecule has 0 radical (unpaired) electrons. The fourth-order valence-electron chi connectivity index (χ4n) is 1.99. The van der Waals surface area contributed by atoms with Gasteiger partial charge in [0.15, 0.2) is 17.4 Å². The van der Waals surface area contributed by atoms with Crippen LogP contribution in [0.3, 0.4) is 0 Å². The maximum absolute atomic E-state index is 13.6. The number of rotatable bonds is 2. The number of nitrogens with zero attached hydrogens (tertiary/aromatic N) is 1. The van der Waals surface area contributed by atoms with Crippen molar-refractivity contribution in [3.63, 3.8) is 0 Å². The van der Waals surface area contributed by atoms with Crippen molar-refractivity contribution in [1.29, 1.82) is 0 Å². The number of benzene rings is 1. The van der Waals surface area contributed by atoms with Crippen molar-refractivity contribution in [2.45, 2.75) is 12.5 Å². The van der Waals surface area contributed by atoms with Gasteiger partial charge < -0.3 is 15.3 Å². The Kier molecular flexibility index (Phi) is 3.37. The Morgan fingerprint density at radius 1 is 1.47 bits per heavy atom. The van der Waals surface area contributed by atoms with E-state index in [1.807, 2.05) is 0 Å². The number of amides is 2. The van der Waals surface area contributed by atoms with Crippen molar-refractivity contribution >= 4 is 11.8 Å². The second kappa shape index (κ2) is 4.83. The minimum atomic E-state index is -1.32. The van der Waals surface area contributed by atoms with E-state index in [0.717, 1.165) is 17.0 Å². The zero-order chi connectivity index (χ0) is 14.2. The van der Waals surface area contributed by atoms with Crippen LogP contribution in [0.25, 0.3) is 0 Å². The van der Waals surface area contributed by atoms with E-state index in [0.29, 0.717) is 13.0 Å². The van der Waals surface area contributed by atoms with Crippen LogP contribution >= 0.6 is 0 Å². The molecule has 2 N–H and O–H groups in total. The molecule has 7 heteroatoms. The van der Waals surface area contributed by atoms with Gasteiger partial charge in [0, 0.05) is 13.6 Å². The Balaban J connectivity index is 2.29. The maximum atomic E-state index is 13.6. The monoisotopic (exact) mass is 270 g/mol. The van der Waals surface area contributed by atoms with Crippen molar-refractivity contribution in [2.75, 3.05) is 13.6 Å². The summed E-state index contributed by atoms with van der Waals surface area (Å²) in [5.74, 6) is -4.77. The van der Waals surface area contributed by atoms with Crippen LogP contribution in [-0.2, 0) is 4.79 Å². The quantitative estimate of drug-likeness (QED) is 0.828. The second-order valence-electron chi connectivity index (χ2n) is 4.27. The van der Waals surface area contributed by atoms with Crippen molar-refractivity contribution in [3.05, 3.63) is 29.3 Å². The summed E-state index contributed by atoms with van der Waals surface area (Å²) in [5, 5.41) is 11.7. The van der Waals surface area contributed by atoms with E-state index in [-0.39, 0.29) is 5.91 Å². The highest BCUT2D eigenvalue weighted by Gasteiger charge is 2.32. The zero-order valence-corrected chi connectivity index (χ0v) is 10.1. The largest absolute Gasteiger partial charge is 0.503 e. The lowest BCUT2D eigenvalue weighted by atomic mass is 10.1. The molecule has 1 aliphatic rings. The topological polar surface area (TPSA) is 69.6 Å². The van der Waals surface area contributed by atoms with Gasteiger partial charge in [0.25, 0.3) is 5.91 Å². The molecule has 0 aliphatic carbocycles. The summed E-state index contributed by atoms with van der Waals surface area (Å²) in [7, 11) is 1.36. The van der Waals surface area contributed by atoms with Crippen LogP contribution in [0.4, 0.5) is 8.78 Å². The minimum Gasteiger partial charge on any atom is -0.503 e. The summed E-state index contributed by atoms with van der Waals surface area (Å²) >= 11 is 0. The average molecular weight is 270 g/mol. The number of carbonyl (C=O) groups excluding carboxylic acids is 2. The van der Waals surface area contributed by atoms with E-state index < -0.39 is 34.9 Å². The van der Waals surface area contributed by atoms with Crippen molar-refractivity contribution < 1.29 is 23.5 Å². The summed E-state index contributed by atoms with van der Waals surface area (Å²) in [5.41, 5.74) is -0.471. The Labute approximate surface area is 107 Å². The van der Waals surface area contributed by atoms with E-state index in [2.05, 4.69) is 5.32 Å². The molecule has 19 heavy (non-hydrogen) atoms. The first kappa shape index (κ1) is 13.3. The van der Waals surface area contributed by atoms with Gasteiger partial charge in [-0.2, -0.15) is 0 Å². The number of phenols is 1. The zero-order valence-electron chi connectivity index (χ0n) is 10.1. The number of aromatic hydroxyl groups is 1.